The molecule has 0 bridgehead atoms. The van der Waals surface area contributed by atoms with Crippen LogP contribution in [0.3, 0.4) is 0 Å². The molecular formula is C11H13ClN2. The molecule has 74 valence electrons. The summed E-state index contributed by atoms with van der Waals surface area (Å²) in [5, 5.41) is 12.3. The summed E-state index contributed by atoms with van der Waals surface area (Å²) in [6.07, 6.45) is 2.57. The molecule has 1 N–H and O–H groups in total. The van der Waals surface area contributed by atoms with Crippen molar-refractivity contribution in [2.75, 3.05) is 11.9 Å². The number of nitrogens with one attached hydrogen (secondary N) is 1. The first kappa shape index (κ1) is 10.9. The normalized spacial score (nSPS) is 9.43. The summed E-state index contributed by atoms with van der Waals surface area (Å²) in [5.74, 6) is 0. The van der Waals surface area contributed by atoms with Crippen molar-refractivity contribution in [2.45, 2.75) is 19.3 Å². The fraction of sp³-hybridized carbons (Fsp3) is 0.364. The molecule has 0 spiro atoms. The van der Waals surface area contributed by atoms with Crippen molar-refractivity contribution in [1.82, 2.24) is 0 Å². The second-order valence-electron chi connectivity index (χ2n) is 3.02. The Hall–Kier alpha value is -1.20. The molecule has 0 saturated carbocycles. The van der Waals surface area contributed by atoms with Gasteiger partial charge in [-0.15, -0.1) is 0 Å². The van der Waals surface area contributed by atoms with E-state index in [-0.39, 0.29) is 0 Å². The summed E-state index contributed by atoms with van der Waals surface area (Å²) in [4.78, 5) is 0. The molecule has 1 rings (SSSR count). The van der Waals surface area contributed by atoms with Crippen molar-refractivity contribution in [3.8, 4) is 6.07 Å². The maximum absolute atomic E-state index is 8.34. The van der Waals surface area contributed by atoms with Crippen LogP contribution in [0.25, 0.3) is 0 Å². The summed E-state index contributed by atoms with van der Waals surface area (Å²) in [5.41, 5.74) is 0.964. The van der Waals surface area contributed by atoms with Gasteiger partial charge in [-0.25, -0.2) is 0 Å². The van der Waals surface area contributed by atoms with Gasteiger partial charge < -0.3 is 5.32 Å². The lowest BCUT2D eigenvalue weighted by atomic mass is 10.2. The molecule has 2 nitrogen and oxygen atoms in total. The van der Waals surface area contributed by atoms with Gasteiger partial charge in [-0.1, -0.05) is 23.7 Å². The molecule has 14 heavy (non-hydrogen) atoms. The van der Waals surface area contributed by atoms with E-state index in [9.17, 15) is 0 Å². The van der Waals surface area contributed by atoms with Gasteiger partial charge in [0.25, 0.3) is 0 Å². The minimum Gasteiger partial charge on any atom is -0.384 e. The van der Waals surface area contributed by atoms with Gasteiger partial charge in [0, 0.05) is 13.0 Å². The van der Waals surface area contributed by atoms with Crippen LogP contribution < -0.4 is 5.32 Å². The van der Waals surface area contributed by atoms with Crippen molar-refractivity contribution < 1.29 is 0 Å². The standard InChI is InChI=1S/C11H13ClN2/c12-10-6-2-3-7-11(10)14-9-5-1-4-8-13/h2-3,6-7,14H,1,4-5,9H2. The Kier molecular flexibility index (Phi) is 4.88. The van der Waals surface area contributed by atoms with E-state index in [0.29, 0.717) is 6.42 Å². The number of halogens is 1. The Morgan fingerprint density at radius 1 is 1.29 bits per heavy atom. The fourth-order valence-corrected chi connectivity index (χ4v) is 1.36. The zero-order valence-electron chi connectivity index (χ0n) is 7.96. The van der Waals surface area contributed by atoms with E-state index in [1.165, 1.54) is 0 Å². The summed E-state index contributed by atoms with van der Waals surface area (Å²) in [6.45, 7) is 0.866. The highest BCUT2D eigenvalue weighted by Gasteiger charge is 1.96. The molecule has 0 heterocycles. The number of unbranched alkanes of at least 4 members (excludes halogenated alkanes) is 2. The van der Waals surface area contributed by atoms with E-state index >= 15 is 0 Å². The zero-order valence-corrected chi connectivity index (χ0v) is 8.72. The number of anilines is 1. The lowest BCUT2D eigenvalue weighted by Gasteiger charge is -2.06. The Labute approximate surface area is 89.5 Å². The van der Waals surface area contributed by atoms with Crippen LogP contribution in [0, 0.1) is 11.3 Å². The Morgan fingerprint density at radius 3 is 2.79 bits per heavy atom. The van der Waals surface area contributed by atoms with Crippen molar-refractivity contribution in [3.63, 3.8) is 0 Å². The first-order valence-corrected chi connectivity index (χ1v) is 5.08. The largest absolute Gasteiger partial charge is 0.384 e. The van der Waals surface area contributed by atoms with Gasteiger partial charge in [0.1, 0.15) is 0 Å². The molecule has 0 aliphatic rings. The molecule has 0 atom stereocenters. The van der Waals surface area contributed by atoms with E-state index in [2.05, 4.69) is 11.4 Å². The van der Waals surface area contributed by atoms with Gasteiger partial charge in [0.2, 0.25) is 0 Å². The summed E-state index contributed by atoms with van der Waals surface area (Å²) < 4.78 is 0. The van der Waals surface area contributed by atoms with E-state index < -0.39 is 0 Å². The van der Waals surface area contributed by atoms with E-state index in [1.54, 1.807) is 0 Å². The number of benzene rings is 1. The van der Waals surface area contributed by atoms with Crippen LogP contribution >= 0.6 is 11.6 Å². The first-order valence-electron chi connectivity index (χ1n) is 4.70. The van der Waals surface area contributed by atoms with Crippen molar-refractivity contribution in [3.05, 3.63) is 29.3 Å². The monoisotopic (exact) mass is 208 g/mol. The van der Waals surface area contributed by atoms with Crippen LogP contribution in [0.1, 0.15) is 19.3 Å². The highest BCUT2D eigenvalue weighted by atomic mass is 35.5. The molecule has 3 heteroatoms. The lowest BCUT2D eigenvalue weighted by Crippen LogP contribution is -2.01. The molecule has 0 unspecified atom stereocenters. The second-order valence-corrected chi connectivity index (χ2v) is 3.43. The maximum Gasteiger partial charge on any atom is 0.0637 e. The predicted molar refractivity (Wildman–Crippen MR) is 59.4 cm³/mol. The van der Waals surface area contributed by atoms with Crippen LogP contribution in [0.2, 0.25) is 5.02 Å². The van der Waals surface area contributed by atoms with Gasteiger partial charge in [-0.05, 0) is 25.0 Å². The average Bonchev–Trinajstić information content (AvgIpc) is 2.20. The third-order valence-corrected chi connectivity index (χ3v) is 2.23. The molecule has 0 aliphatic carbocycles. The zero-order chi connectivity index (χ0) is 10.2. The molecule has 0 fully saturated rings. The van der Waals surface area contributed by atoms with E-state index in [0.717, 1.165) is 30.1 Å². The van der Waals surface area contributed by atoms with Gasteiger partial charge in [0.15, 0.2) is 0 Å². The van der Waals surface area contributed by atoms with Crippen LogP contribution in [-0.2, 0) is 0 Å². The Bertz CT molecular complexity index is 317. The Balaban J connectivity index is 2.25. The molecule has 0 aromatic heterocycles. The van der Waals surface area contributed by atoms with E-state index in [4.69, 9.17) is 16.9 Å². The molecule has 1 aromatic rings. The number of nitriles is 1. The minimum absolute atomic E-state index is 0.629. The molecule has 0 aliphatic heterocycles. The van der Waals surface area contributed by atoms with Gasteiger partial charge in [0.05, 0.1) is 16.8 Å². The first-order chi connectivity index (χ1) is 6.84. The molecule has 0 amide bonds. The summed E-state index contributed by atoms with van der Waals surface area (Å²) in [7, 11) is 0. The minimum atomic E-state index is 0.629. The van der Waals surface area contributed by atoms with Crippen molar-refractivity contribution in [2.24, 2.45) is 0 Å². The topological polar surface area (TPSA) is 35.8 Å². The highest BCUT2D eigenvalue weighted by molar-refractivity contribution is 6.33. The number of hydrogen-bond donors (Lipinski definition) is 1. The highest BCUT2D eigenvalue weighted by Crippen LogP contribution is 2.20. The van der Waals surface area contributed by atoms with Crippen LogP contribution in [0.5, 0.6) is 0 Å². The Morgan fingerprint density at radius 2 is 2.07 bits per heavy atom. The smallest absolute Gasteiger partial charge is 0.0637 e. The van der Waals surface area contributed by atoms with Crippen LogP contribution in [0.15, 0.2) is 24.3 Å². The SMILES string of the molecule is N#CCCCCNc1ccccc1Cl. The molecule has 0 radical (unpaired) electrons. The summed E-state index contributed by atoms with van der Waals surface area (Å²) in [6, 6.07) is 9.79. The molecule has 0 saturated heterocycles. The average molecular weight is 209 g/mol. The quantitative estimate of drug-likeness (QED) is 0.753. The maximum atomic E-state index is 8.34. The van der Waals surface area contributed by atoms with Crippen LogP contribution in [0.4, 0.5) is 5.69 Å². The predicted octanol–water partition coefficient (Wildman–Crippen LogP) is 3.45. The van der Waals surface area contributed by atoms with Crippen molar-refractivity contribution in [1.29, 1.82) is 5.26 Å². The van der Waals surface area contributed by atoms with E-state index in [1.807, 2.05) is 24.3 Å². The third-order valence-electron chi connectivity index (χ3n) is 1.90. The lowest BCUT2D eigenvalue weighted by molar-refractivity contribution is 0.785. The number of para-hydroxylation sites is 1. The fourth-order valence-electron chi connectivity index (χ4n) is 1.16. The number of hydrogen-bond acceptors (Lipinski definition) is 2. The third kappa shape index (κ3) is 3.68. The van der Waals surface area contributed by atoms with Gasteiger partial charge in [-0.3, -0.25) is 0 Å². The number of rotatable bonds is 5. The molecular weight excluding hydrogens is 196 g/mol. The number of nitrogens with zero attached hydrogens (tertiary/aromatic N) is 1. The second kappa shape index (κ2) is 6.28. The summed E-state index contributed by atoms with van der Waals surface area (Å²) >= 11 is 5.95. The van der Waals surface area contributed by atoms with Gasteiger partial charge >= 0.3 is 0 Å². The van der Waals surface area contributed by atoms with Gasteiger partial charge in [-0.2, -0.15) is 5.26 Å². The molecule has 1 aromatic carbocycles. The van der Waals surface area contributed by atoms with Crippen LogP contribution in [-0.4, -0.2) is 6.54 Å². The van der Waals surface area contributed by atoms with Crippen molar-refractivity contribution >= 4 is 17.3 Å².